The summed E-state index contributed by atoms with van der Waals surface area (Å²) in [5, 5.41) is 6.35. The number of methoxy groups -OCH3 is 1. The number of hydrogen-bond donors (Lipinski definition) is 2. The van der Waals surface area contributed by atoms with Crippen molar-refractivity contribution < 1.29 is 9.53 Å². The Labute approximate surface area is 128 Å². The van der Waals surface area contributed by atoms with E-state index in [0.29, 0.717) is 22.0 Å². The molecule has 1 amide bonds. The molecule has 1 aromatic carbocycles. The molecule has 2 aromatic rings. The molecule has 0 saturated heterocycles. The summed E-state index contributed by atoms with van der Waals surface area (Å²) in [6.45, 7) is 2.68. The summed E-state index contributed by atoms with van der Waals surface area (Å²) in [5.41, 5.74) is 1.81. The molecule has 0 atom stereocenters. The summed E-state index contributed by atoms with van der Waals surface area (Å²) in [6, 6.07) is 6.83. The quantitative estimate of drug-likeness (QED) is 0.888. The van der Waals surface area contributed by atoms with Crippen LogP contribution in [0.4, 0.5) is 11.4 Å². The maximum Gasteiger partial charge on any atom is 0.259 e. The molecule has 2 N–H and O–H groups in total. The van der Waals surface area contributed by atoms with Gasteiger partial charge in [0.15, 0.2) is 0 Å². The molecule has 0 unspecified atom stereocenters. The number of nitrogens with zero attached hydrogens (tertiary/aromatic N) is 1. The molecule has 1 aromatic heterocycles. The SMILES string of the molecule is CCNc1ccncc1C(=O)Nc1ccc(OC)c(Cl)c1. The topological polar surface area (TPSA) is 63.2 Å². The molecule has 0 aliphatic heterocycles. The molecule has 0 spiro atoms. The van der Waals surface area contributed by atoms with Crippen molar-refractivity contribution in [3.05, 3.63) is 47.2 Å². The van der Waals surface area contributed by atoms with Crippen molar-refractivity contribution in [2.45, 2.75) is 6.92 Å². The van der Waals surface area contributed by atoms with Crippen LogP contribution in [0.5, 0.6) is 5.75 Å². The van der Waals surface area contributed by atoms with Gasteiger partial charge in [0.2, 0.25) is 0 Å². The molecule has 0 radical (unpaired) electrons. The lowest BCUT2D eigenvalue weighted by atomic mass is 10.2. The number of carbonyl (C=O) groups is 1. The van der Waals surface area contributed by atoms with Gasteiger partial charge in [-0.25, -0.2) is 0 Å². The Morgan fingerprint density at radius 3 is 2.86 bits per heavy atom. The van der Waals surface area contributed by atoms with Crippen molar-refractivity contribution in [2.24, 2.45) is 0 Å². The van der Waals surface area contributed by atoms with Crippen molar-refractivity contribution in [1.29, 1.82) is 0 Å². The smallest absolute Gasteiger partial charge is 0.259 e. The van der Waals surface area contributed by atoms with Crippen molar-refractivity contribution in [2.75, 3.05) is 24.3 Å². The molecule has 0 aliphatic rings. The first-order chi connectivity index (χ1) is 10.2. The first-order valence-electron chi connectivity index (χ1n) is 6.48. The molecular weight excluding hydrogens is 290 g/mol. The van der Waals surface area contributed by atoms with Crippen LogP contribution in [0.25, 0.3) is 0 Å². The van der Waals surface area contributed by atoms with Crippen LogP contribution < -0.4 is 15.4 Å². The third kappa shape index (κ3) is 3.64. The summed E-state index contributed by atoms with van der Waals surface area (Å²) in [6.07, 6.45) is 3.16. The lowest BCUT2D eigenvalue weighted by Gasteiger charge is -2.11. The van der Waals surface area contributed by atoms with Gasteiger partial charge >= 0.3 is 0 Å². The number of ether oxygens (including phenoxy) is 1. The second-order valence-corrected chi connectivity index (χ2v) is 4.66. The van der Waals surface area contributed by atoms with Gasteiger partial charge in [-0.1, -0.05) is 11.6 Å². The zero-order valence-electron chi connectivity index (χ0n) is 11.8. The second kappa shape index (κ2) is 6.95. The number of benzene rings is 1. The molecule has 0 saturated carbocycles. The fraction of sp³-hybridized carbons (Fsp3) is 0.200. The Balaban J connectivity index is 2.20. The summed E-state index contributed by atoms with van der Waals surface area (Å²) in [7, 11) is 1.54. The minimum Gasteiger partial charge on any atom is -0.495 e. The molecule has 2 rings (SSSR count). The number of rotatable bonds is 5. The standard InChI is InChI=1S/C15H16ClN3O2/c1-3-18-13-6-7-17-9-11(13)15(20)19-10-4-5-14(21-2)12(16)8-10/h4-9H,3H2,1-2H3,(H,17,18)(H,19,20). The third-order valence-corrected chi connectivity index (χ3v) is 3.14. The van der Waals surface area contributed by atoms with Gasteiger partial charge < -0.3 is 15.4 Å². The Hall–Kier alpha value is -2.27. The lowest BCUT2D eigenvalue weighted by Crippen LogP contribution is -2.15. The predicted molar refractivity (Wildman–Crippen MR) is 84.4 cm³/mol. The van der Waals surface area contributed by atoms with E-state index < -0.39 is 0 Å². The molecule has 0 aliphatic carbocycles. The Morgan fingerprint density at radius 1 is 1.38 bits per heavy atom. The Bertz CT molecular complexity index is 647. The molecule has 5 nitrogen and oxygen atoms in total. The van der Waals surface area contributed by atoms with Crippen molar-refractivity contribution in [3.63, 3.8) is 0 Å². The normalized spacial score (nSPS) is 10.0. The average molecular weight is 306 g/mol. The summed E-state index contributed by atoms with van der Waals surface area (Å²) < 4.78 is 5.08. The number of halogens is 1. The highest BCUT2D eigenvalue weighted by molar-refractivity contribution is 6.32. The largest absolute Gasteiger partial charge is 0.495 e. The Morgan fingerprint density at radius 2 is 2.19 bits per heavy atom. The maximum absolute atomic E-state index is 12.3. The summed E-state index contributed by atoms with van der Waals surface area (Å²) in [5.74, 6) is 0.310. The van der Waals surface area contributed by atoms with Crippen LogP contribution in [-0.2, 0) is 0 Å². The molecule has 1 heterocycles. The van der Waals surface area contributed by atoms with Crippen LogP contribution in [-0.4, -0.2) is 24.5 Å². The van der Waals surface area contributed by atoms with Crippen LogP contribution in [0.2, 0.25) is 5.02 Å². The van der Waals surface area contributed by atoms with Crippen LogP contribution in [0.15, 0.2) is 36.7 Å². The summed E-state index contributed by atoms with van der Waals surface area (Å²) >= 11 is 6.04. The van der Waals surface area contributed by atoms with Gasteiger partial charge in [-0.15, -0.1) is 0 Å². The van der Waals surface area contributed by atoms with Crippen LogP contribution in [0.1, 0.15) is 17.3 Å². The molecule has 0 bridgehead atoms. The van der Waals surface area contributed by atoms with Crippen molar-refractivity contribution >= 4 is 28.9 Å². The lowest BCUT2D eigenvalue weighted by molar-refractivity contribution is 0.102. The average Bonchev–Trinajstić information content (AvgIpc) is 2.48. The van der Waals surface area contributed by atoms with Crippen molar-refractivity contribution in [3.8, 4) is 5.75 Å². The fourth-order valence-electron chi connectivity index (χ4n) is 1.86. The number of aromatic nitrogens is 1. The number of nitrogens with one attached hydrogen (secondary N) is 2. The number of hydrogen-bond acceptors (Lipinski definition) is 4. The predicted octanol–water partition coefficient (Wildman–Crippen LogP) is 3.43. The van der Waals surface area contributed by atoms with E-state index in [9.17, 15) is 4.79 Å². The van der Waals surface area contributed by atoms with E-state index in [1.807, 2.05) is 6.92 Å². The van der Waals surface area contributed by atoms with E-state index in [0.717, 1.165) is 12.2 Å². The van der Waals surface area contributed by atoms with E-state index in [1.165, 1.54) is 13.3 Å². The van der Waals surface area contributed by atoms with Gasteiger partial charge in [-0.05, 0) is 31.2 Å². The molecule has 21 heavy (non-hydrogen) atoms. The molecule has 0 fully saturated rings. The fourth-order valence-corrected chi connectivity index (χ4v) is 2.12. The van der Waals surface area contributed by atoms with Gasteiger partial charge in [0.25, 0.3) is 5.91 Å². The molecular formula is C15H16ClN3O2. The maximum atomic E-state index is 12.3. The first kappa shape index (κ1) is 15.1. The van der Waals surface area contributed by atoms with Crippen LogP contribution in [0, 0.1) is 0 Å². The highest BCUT2D eigenvalue weighted by Crippen LogP contribution is 2.27. The van der Waals surface area contributed by atoms with Gasteiger partial charge in [-0.2, -0.15) is 0 Å². The molecule has 6 heteroatoms. The number of carbonyl (C=O) groups excluding carboxylic acids is 1. The van der Waals surface area contributed by atoms with Gasteiger partial charge in [-0.3, -0.25) is 9.78 Å². The zero-order chi connectivity index (χ0) is 15.2. The van der Waals surface area contributed by atoms with E-state index in [1.54, 1.807) is 30.5 Å². The monoisotopic (exact) mass is 305 g/mol. The number of pyridine rings is 1. The van der Waals surface area contributed by atoms with E-state index in [4.69, 9.17) is 16.3 Å². The second-order valence-electron chi connectivity index (χ2n) is 4.26. The minimum absolute atomic E-state index is 0.250. The van der Waals surface area contributed by atoms with E-state index in [-0.39, 0.29) is 5.91 Å². The minimum atomic E-state index is -0.250. The molecule has 110 valence electrons. The van der Waals surface area contributed by atoms with Crippen LogP contribution >= 0.6 is 11.6 Å². The number of amides is 1. The Kier molecular flexibility index (Phi) is 5.00. The third-order valence-electron chi connectivity index (χ3n) is 2.84. The van der Waals surface area contributed by atoms with Crippen molar-refractivity contribution in [1.82, 2.24) is 4.98 Å². The van der Waals surface area contributed by atoms with Gasteiger partial charge in [0.1, 0.15) is 5.75 Å². The summed E-state index contributed by atoms with van der Waals surface area (Å²) in [4.78, 5) is 16.3. The van der Waals surface area contributed by atoms with Gasteiger partial charge in [0, 0.05) is 24.6 Å². The zero-order valence-corrected chi connectivity index (χ0v) is 12.6. The van der Waals surface area contributed by atoms with E-state index >= 15 is 0 Å². The van der Waals surface area contributed by atoms with Gasteiger partial charge in [0.05, 0.1) is 23.4 Å². The highest BCUT2D eigenvalue weighted by Gasteiger charge is 2.12. The first-order valence-corrected chi connectivity index (χ1v) is 6.86. The van der Waals surface area contributed by atoms with Crippen LogP contribution in [0.3, 0.4) is 0 Å². The highest BCUT2D eigenvalue weighted by atomic mass is 35.5. The number of anilines is 2. The van der Waals surface area contributed by atoms with E-state index in [2.05, 4.69) is 15.6 Å².